The first-order chi connectivity index (χ1) is 7.05. The number of sulfonamides is 1. The van der Waals surface area contributed by atoms with Gasteiger partial charge in [-0.25, -0.2) is 13.1 Å². The Balaban J connectivity index is 2.17. The first-order valence-electron chi connectivity index (χ1n) is 5.01. The van der Waals surface area contributed by atoms with E-state index in [4.69, 9.17) is 0 Å². The molecule has 0 aromatic heterocycles. The Morgan fingerprint density at radius 1 is 1.47 bits per heavy atom. The summed E-state index contributed by atoms with van der Waals surface area (Å²) in [5, 5.41) is 5.58. The van der Waals surface area contributed by atoms with E-state index in [0.717, 1.165) is 0 Å². The fourth-order valence-corrected chi connectivity index (χ4v) is 2.17. The Labute approximate surface area is 89.9 Å². The molecule has 1 aliphatic heterocycles. The van der Waals surface area contributed by atoms with E-state index in [1.165, 1.54) is 0 Å². The van der Waals surface area contributed by atoms with Gasteiger partial charge in [-0.05, 0) is 0 Å². The summed E-state index contributed by atoms with van der Waals surface area (Å²) in [6, 6.07) is 0. The molecule has 0 saturated carbocycles. The van der Waals surface area contributed by atoms with Gasteiger partial charge in [0.1, 0.15) is 0 Å². The van der Waals surface area contributed by atoms with Crippen LogP contribution in [0.2, 0.25) is 0 Å². The SMILES string of the molecule is CCNS(=O)(=O)CCNC(=O)C1CNC1. The number of amides is 1. The quantitative estimate of drug-likeness (QED) is 0.510. The van der Waals surface area contributed by atoms with Gasteiger partial charge in [0.25, 0.3) is 0 Å². The second kappa shape index (κ2) is 5.43. The van der Waals surface area contributed by atoms with E-state index in [9.17, 15) is 13.2 Å². The van der Waals surface area contributed by atoms with Crippen molar-refractivity contribution in [2.24, 2.45) is 5.92 Å². The molecular formula is C8H17N3O3S. The van der Waals surface area contributed by atoms with E-state index >= 15 is 0 Å². The second-order valence-electron chi connectivity index (χ2n) is 3.46. The minimum Gasteiger partial charge on any atom is -0.355 e. The molecule has 0 atom stereocenters. The Morgan fingerprint density at radius 3 is 2.60 bits per heavy atom. The number of carbonyl (C=O) groups is 1. The van der Waals surface area contributed by atoms with Crippen LogP contribution in [-0.4, -0.2) is 46.3 Å². The van der Waals surface area contributed by atoms with E-state index in [0.29, 0.717) is 19.6 Å². The van der Waals surface area contributed by atoms with Crippen molar-refractivity contribution in [1.82, 2.24) is 15.4 Å². The molecule has 15 heavy (non-hydrogen) atoms. The van der Waals surface area contributed by atoms with Crippen molar-refractivity contribution in [3.05, 3.63) is 0 Å². The maximum absolute atomic E-state index is 11.3. The molecule has 0 radical (unpaired) electrons. The van der Waals surface area contributed by atoms with Gasteiger partial charge < -0.3 is 10.6 Å². The fourth-order valence-electron chi connectivity index (χ4n) is 1.22. The third kappa shape index (κ3) is 4.15. The lowest BCUT2D eigenvalue weighted by atomic mass is 10.0. The van der Waals surface area contributed by atoms with Crippen LogP contribution in [0, 0.1) is 5.92 Å². The summed E-state index contributed by atoms with van der Waals surface area (Å²) < 4.78 is 24.7. The molecule has 1 heterocycles. The van der Waals surface area contributed by atoms with E-state index < -0.39 is 10.0 Å². The topological polar surface area (TPSA) is 87.3 Å². The molecule has 1 aliphatic rings. The highest BCUT2D eigenvalue weighted by Gasteiger charge is 2.24. The summed E-state index contributed by atoms with van der Waals surface area (Å²) in [6.07, 6.45) is 0. The number of rotatable bonds is 6. The Kier molecular flexibility index (Phi) is 4.49. The van der Waals surface area contributed by atoms with Crippen molar-refractivity contribution < 1.29 is 13.2 Å². The van der Waals surface area contributed by atoms with Crippen LogP contribution < -0.4 is 15.4 Å². The average molecular weight is 235 g/mol. The van der Waals surface area contributed by atoms with Crippen molar-refractivity contribution >= 4 is 15.9 Å². The molecule has 1 saturated heterocycles. The lowest BCUT2D eigenvalue weighted by Crippen LogP contribution is -2.51. The van der Waals surface area contributed by atoms with Crippen molar-refractivity contribution in [2.75, 3.05) is 31.9 Å². The fraction of sp³-hybridized carbons (Fsp3) is 0.875. The van der Waals surface area contributed by atoms with E-state index in [1.54, 1.807) is 6.92 Å². The van der Waals surface area contributed by atoms with Crippen molar-refractivity contribution in [3.8, 4) is 0 Å². The minimum absolute atomic E-state index is 0.00633. The van der Waals surface area contributed by atoms with Crippen molar-refractivity contribution in [2.45, 2.75) is 6.92 Å². The molecule has 0 aromatic carbocycles. The molecule has 0 unspecified atom stereocenters. The summed E-state index contributed by atoms with van der Waals surface area (Å²) in [7, 11) is -3.22. The van der Waals surface area contributed by atoms with Gasteiger partial charge in [-0.2, -0.15) is 0 Å². The monoisotopic (exact) mass is 235 g/mol. The summed E-state index contributed by atoms with van der Waals surface area (Å²) >= 11 is 0. The summed E-state index contributed by atoms with van der Waals surface area (Å²) in [5.41, 5.74) is 0. The maximum Gasteiger partial charge on any atom is 0.225 e. The molecule has 0 aromatic rings. The Morgan fingerprint density at radius 2 is 2.13 bits per heavy atom. The number of hydrogen-bond acceptors (Lipinski definition) is 4. The first-order valence-corrected chi connectivity index (χ1v) is 6.66. The number of carbonyl (C=O) groups excluding carboxylic acids is 1. The summed E-state index contributed by atoms with van der Waals surface area (Å²) in [6.45, 7) is 3.64. The van der Waals surface area contributed by atoms with Gasteiger partial charge in [0, 0.05) is 26.2 Å². The molecular weight excluding hydrogens is 218 g/mol. The van der Waals surface area contributed by atoms with E-state index in [1.807, 2.05) is 0 Å². The first kappa shape index (κ1) is 12.4. The highest BCUT2D eigenvalue weighted by Crippen LogP contribution is 2.01. The molecule has 7 heteroatoms. The van der Waals surface area contributed by atoms with Gasteiger partial charge in [0.05, 0.1) is 11.7 Å². The predicted octanol–water partition coefficient (Wildman–Crippen LogP) is -1.74. The number of hydrogen-bond donors (Lipinski definition) is 3. The van der Waals surface area contributed by atoms with Crippen LogP contribution in [-0.2, 0) is 14.8 Å². The molecule has 0 aliphatic carbocycles. The summed E-state index contributed by atoms with van der Waals surface area (Å²) in [5.74, 6) is -0.125. The van der Waals surface area contributed by atoms with Crippen LogP contribution in [0.5, 0.6) is 0 Å². The summed E-state index contributed by atoms with van der Waals surface area (Å²) in [4.78, 5) is 11.3. The lowest BCUT2D eigenvalue weighted by molar-refractivity contribution is -0.126. The smallest absolute Gasteiger partial charge is 0.225 e. The van der Waals surface area contributed by atoms with Gasteiger partial charge in [-0.15, -0.1) is 0 Å². The molecule has 0 spiro atoms. The van der Waals surface area contributed by atoms with Crippen LogP contribution in [0.3, 0.4) is 0 Å². The average Bonchev–Trinajstić information content (AvgIpc) is 1.99. The van der Waals surface area contributed by atoms with Gasteiger partial charge >= 0.3 is 0 Å². The van der Waals surface area contributed by atoms with Crippen molar-refractivity contribution in [1.29, 1.82) is 0 Å². The Bertz CT molecular complexity index is 311. The highest BCUT2D eigenvalue weighted by molar-refractivity contribution is 7.89. The van der Waals surface area contributed by atoms with Gasteiger partial charge in [0.2, 0.25) is 15.9 Å². The molecule has 88 valence electrons. The van der Waals surface area contributed by atoms with Gasteiger partial charge in [0.15, 0.2) is 0 Å². The zero-order chi connectivity index (χ0) is 11.3. The molecule has 1 fully saturated rings. The van der Waals surface area contributed by atoms with E-state index in [-0.39, 0.29) is 24.1 Å². The van der Waals surface area contributed by atoms with Crippen LogP contribution in [0.15, 0.2) is 0 Å². The molecule has 1 amide bonds. The normalized spacial score (nSPS) is 17.1. The lowest BCUT2D eigenvalue weighted by Gasteiger charge is -2.25. The molecule has 0 bridgehead atoms. The van der Waals surface area contributed by atoms with Crippen LogP contribution in [0.25, 0.3) is 0 Å². The van der Waals surface area contributed by atoms with Crippen LogP contribution in [0.1, 0.15) is 6.92 Å². The third-order valence-corrected chi connectivity index (χ3v) is 3.66. The highest BCUT2D eigenvalue weighted by atomic mass is 32.2. The standard InChI is InChI=1S/C8H17N3O3S/c1-2-11-15(13,14)4-3-10-8(12)7-5-9-6-7/h7,9,11H,2-6H2,1H3,(H,10,12). The Hall–Kier alpha value is -0.660. The second-order valence-corrected chi connectivity index (χ2v) is 5.39. The van der Waals surface area contributed by atoms with Gasteiger partial charge in [-0.1, -0.05) is 6.92 Å². The maximum atomic E-state index is 11.3. The third-order valence-electron chi connectivity index (χ3n) is 2.19. The molecule has 6 nitrogen and oxygen atoms in total. The van der Waals surface area contributed by atoms with Crippen molar-refractivity contribution in [3.63, 3.8) is 0 Å². The van der Waals surface area contributed by atoms with Crippen LogP contribution >= 0.6 is 0 Å². The predicted molar refractivity (Wildman–Crippen MR) is 56.8 cm³/mol. The molecule has 3 N–H and O–H groups in total. The largest absolute Gasteiger partial charge is 0.355 e. The number of nitrogens with one attached hydrogen (secondary N) is 3. The molecule has 1 rings (SSSR count). The zero-order valence-electron chi connectivity index (χ0n) is 8.75. The minimum atomic E-state index is -3.22. The van der Waals surface area contributed by atoms with Crippen LogP contribution in [0.4, 0.5) is 0 Å². The van der Waals surface area contributed by atoms with E-state index in [2.05, 4.69) is 15.4 Å². The van der Waals surface area contributed by atoms with Gasteiger partial charge in [-0.3, -0.25) is 4.79 Å². The zero-order valence-corrected chi connectivity index (χ0v) is 9.56.